The third-order valence-electron chi connectivity index (χ3n) is 3.41. The SMILES string of the molecule is Cc1cc(C)cc(CC(O)CCc2ccnn2C)c1. The van der Waals surface area contributed by atoms with E-state index >= 15 is 0 Å². The van der Waals surface area contributed by atoms with Crippen LogP contribution in [0.15, 0.2) is 30.5 Å². The van der Waals surface area contributed by atoms with Crippen molar-refractivity contribution in [3.05, 3.63) is 52.8 Å². The van der Waals surface area contributed by atoms with E-state index in [1.165, 1.54) is 22.4 Å². The van der Waals surface area contributed by atoms with Gasteiger partial charge in [0, 0.05) is 18.9 Å². The Kier molecular flexibility index (Phi) is 4.38. The molecule has 0 spiro atoms. The van der Waals surface area contributed by atoms with Crippen LogP contribution >= 0.6 is 0 Å². The Labute approximate surface area is 114 Å². The van der Waals surface area contributed by atoms with E-state index in [4.69, 9.17) is 0 Å². The van der Waals surface area contributed by atoms with Gasteiger partial charge < -0.3 is 5.11 Å². The van der Waals surface area contributed by atoms with Crippen molar-refractivity contribution in [1.29, 1.82) is 0 Å². The van der Waals surface area contributed by atoms with Crippen molar-refractivity contribution >= 4 is 0 Å². The molecule has 0 saturated heterocycles. The number of aromatic nitrogens is 2. The van der Waals surface area contributed by atoms with Crippen molar-refractivity contribution in [2.75, 3.05) is 0 Å². The van der Waals surface area contributed by atoms with E-state index < -0.39 is 0 Å². The molecule has 0 aliphatic rings. The first-order chi connectivity index (χ1) is 9.04. The summed E-state index contributed by atoms with van der Waals surface area (Å²) in [5.41, 5.74) is 4.90. The van der Waals surface area contributed by atoms with Gasteiger partial charge in [-0.05, 0) is 44.7 Å². The fourth-order valence-corrected chi connectivity index (χ4v) is 2.52. The Balaban J connectivity index is 1.90. The van der Waals surface area contributed by atoms with Gasteiger partial charge in [0.05, 0.1) is 6.10 Å². The number of aliphatic hydroxyl groups is 1. The van der Waals surface area contributed by atoms with Gasteiger partial charge in [-0.25, -0.2) is 0 Å². The summed E-state index contributed by atoms with van der Waals surface area (Å²) in [6.45, 7) is 4.19. The average molecular weight is 258 g/mol. The van der Waals surface area contributed by atoms with Crippen LogP contribution in [0, 0.1) is 13.8 Å². The maximum atomic E-state index is 10.1. The molecule has 1 heterocycles. The van der Waals surface area contributed by atoms with Crippen molar-refractivity contribution in [3.8, 4) is 0 Å². The van der Waals surface area contributed by atoms with Crippen LogP contribution < -0.4 is 0 Å². The highest BCUT2D eigenvalue weighted by Crippen LogP contribution is 2.13. The number of hydrogen-bond donors (Lipinski definition) is 1. The quantitative estimate of drug-likeness (QED) is 0.895. The molecule has 1 atom stereocenters. The van der Waals surface area contributed by atoms with Gasteiger partial charge in [0.2, 0.25) is 0 Å². The molecule has 0 radical (unpaired) electrons. The summed E-state index contributed by atoms with van der Waals surface area (Å²) in [4.78, 5) is 0. The lowest BCUT2D eigenvalue weighted by atomic mass is 10.00. The van der Waals surface area contributed by atoms with Crippen LogP contribution in [-0.4, -0.2) is 21.0 Å². The molecule has 3 heteroatoms. The van der Waals surface area contributed by atoms with E-state index in [2.05, 4.69) is 37.1 Å². The molecular formula is C16H22N2O. The number of aliphatic hydroxyl groups excluding tert-OH is 1. The lowest BCUT2D eigenvalue weighted by molar-refractivity contribution is 0.164. The Morgan fingerprint density at radius 2 is 1.89 bits per heavy atom. The second-order valence-corrected chi connectivity index (χ2v) is 5.34. The third kappa shape index (κ3) is 3.93. The summed E-state index contributed by atoms with van der Waals surface area (Å²) in [7, 11) is 1.94. The molecule has 0 bridgehead atoms. The zero-order valence-electron chi connectivity index (χ0n) is 11.9. The van der Waals surface area contributed by atoms with E-state index in [1.54, 1.807) is 6.20 Å². The average Bonchev–Trinajstić information content (AvgIpc) is 2.71. The highest BCUT2D eigenvalue weighted by Gasteiger charge is 2.08. The van der Waals surface area contributed by atoms with Crippen LogP contribution in [0.1, 0.15) is 28.8 Å². The first-order valence-electron chi connectivity index (χ1n) is 6.76. The molecule has 102 valence electrons. The maximum absolute atomic E-state index is 10.1. The van der Waals surface area contributed by atoms with Gasteiger partial charge >= 0.3 is 0 Å². The number of rotatable bonds is 5. The first-order valence-corrected chi connectivity index (χ1v) is 6.76. The summed E-state index contributed by atoms with van der Waals surface area (Å²) < 4.78 is 1.86. The number of hydrogen-bond acceptors (Lipinski definition) is 2. The topological polar surface area (TPSA) is 38.1 Å². The molecule has 1 aromatic carbocycles. The van der Waals surface area contributed by atoms with Gasteiger partial charge in [0.15, 0.2) is 0 Å². The normalized spacial score (nSPS) is 12.6. The van der Waals surface area contributed by atoms with Gasteiger partial charge in [-0.2, -0.15) is 5.10 Å². The van der Waals surface area contributed by atoms with Crippen LogP contribution in [0.4, 0.5) is 0 Å². The summed E-state index contributed by atoms with van der Waals surface area (Å²) in [5.74, 6) is 0. The van der Waals surface area contributed by atoms with Gasteiger partial charge in [-0.3, -0.25) is 4.68 Å². The Hall–Kier alpha value is -1.61. The number of benzene rings is 1. The summed E-state index contributed by atoms with van der Waals surface area (Å²) >= 11 is 0. The molecule has 3 nitrogen and oxygen atoms in total. The monoisotopic (exact) mass is 258 g/mol. The molecule has 0 aliphatic heterocycles. The molecule has 1 N–H and O–H groups in total. The van der Waals surface area contributed by atoms with Crippen LogP contribution in [-0.2, 0) is 19.9 Å². The van der Waals surface area contributed by atoms with E-state index in [1.807, 2.05) is 17.8 Å². The molecule has 0 amide bonds. The van der Waals surface area contributed by atoms with Crippen molar-refractivity contribution < 1.29 is 5.11 Å². The molecule has 1 unspecified atom stereocenters. The van der Waals surface area contributed by atoms with E-state index in [0.717, 1.165) is 19.3 Å². The third-order valence-corrected chi connectivity index (χ3v) is 3.41. The minimum absolute atomic E-state index is 0.295. The molecule has 1 aromatic heterocycles. The second-order valence-electron chi connectivity index (χ2n) is 5.34. The molecule has 0 aliphatic carbocycles. The summed E-state index contributed by atoms with van der Waals surface area (Å²) in [6, 6.07) is 8.47. The lowest BCUT2D eigenvalue weighted by Crippen LogP contribution is -2.13. The molecular weight excluding hydrogens is 236 g/mol. The predicted octanol–water partition coefficient (Wildman–Crippen LogP) is 2.57. The highest BCUT2D eigenvalue weighted by molar-refractivity contribution is 5.28. The molecule has 2 rings (SSSR count). The van der Waals surface area contributed by atoms with Gasteiger partial charge in [-0.1, -0.05) is 29.3 Å². The highest BCUT2D eigenvalue weighted by atomic mass is 16.3. The molecule has 19 heavy (non-hydrogen) atoms. The van der Waals surface area contributed by atoms with Gasteiger partial charge in [-0.15, -0.1) is 0 Å². The van der Waals surface area contributed by atoms with E-state index in [-0.39, 0.29) is 6.10 Å². The largest absolute Gasteiger partial charge is 0.393 e. The first kappa shape index (κ1) is 13.8. The van der Waals surface area contributed by atoms with E-state index in [0.29, 0.717) is 0 Å². The maximum Gasteiger partial charge on any atom is 0.0584 e. The zero-order valence-corrected chi connectivity index (χ0v) is 11.9. The number of aryl methyl sites for hydroxylation is 4. The Morgan fingerprint density at radius 1 is 1.21 bits per heavy atom. The Morgan fingerprint density at radius 3 is 2.47 bits per heavy atom. The standard InChI is InChI=1S/C16H22N2O/c1-12-8-13(2)10-14(9-12)11-16(19)5-4-15-6-7-17-18(15)3/h6-10,16,19H,4-5,11H2,1-3H3. The smallest absolute Gasteiger partial charge is 0.0584 e. The zero-order chi connectivity index (χ0) is 13.8. The Bertz CT molecular complexity index is 525. The predicted molar refractivity (Wildman–Crippen MR) is 77.2 cm³/mol. The van der Waals surface area contributed by atoms with Gasteiger partial charge in [0.1, 0.15) is 0 Å². The fraction of sp³-hybridized carbons (Fsp3) is 0.438. The summed E-state index contributed by atoms with van der Waals surface area (Å²) in [6.07, 6.45) is 3.86. The van der Waals surface area contributed by atoms with Crippen molar-refractivity contribution in [2.45, 2.75) is 39.2 Å². The van der Waals surface area contributed by atoms with Crippen LogP contribution in [0.25, 0.3) is 0 Å². The molecule has 0 saturated carbocycles. The van der Waals surface area contributed by atoms with Crippen LogP contribution in [0.2, 0.25) is 0 Å². The minimum atomic E-state index is -0.295. The van der Waals surface area contributed by atoms with Crippen molar-refractivity contribution in [1.82, 2.24) is 9.78 Å². The van der Waals surface area contributed by atoms with Crippen molar-refractivity contribution in [2.24, 2.45) is 7.05 Å². The molecule has 2 aromatic rings. The molecule has 0 fully saturated rings. The van der Waals surface area contributed by atoms with Crippen LogP contribution in [0.5, 0.6) is 0 Å². The lowest BCUT2D eigenvalue weighted by Gasteiger charge is -2.12. The van der Waals surface area contributed by atoms with Crippen molar-refractivity contribution in [3.63, 3.8) is 0 Å². The second kappa shape index (κ2) is 6.02. The minimum Gasteiger partial charge on any atom is -0.393 e. The van der Waals surface area contributed by atoms with Crippen LogP contribution in [0.3, 0.4) is 0 Å². The van der Waals surface area contributed by atoms with Gasteiger partial charge in [0.25, 0.3) is 0 Å². The summed E-state index contributed by atoms with van der Waals surface area (Å²) in [5, 5.41) is 14.3. The number of nitrogens with zero attached hydrogens (tertiary/aromatic N) is 2. The fourth-order valence-electron chi connectivity index (χ4n) is 2.52. The van der Waals surface area contributed by atoms with E-state index in [9.17, 15) is 5.11 Å².